The Hall–Kier alpha value is -0.870. The van der Waals surface area contributed by atoms with Gasteiger partial charge in [-0.15, -0.1) is 11.3 Å². The van der Waals surface area contributed by atoms with Crippen LogP contribution in [0.5, 0.6) is 0 Å². The highest BCUT2D eigenvalue weighted by molar-refractivity contribution is 7.10. The van der Waals surface area contributed by atoms with Gasteiger partial charge in [0.2, 0.25) is 5.91 Å². The van der Waals surface area contributed by atoms with Crippen molar-refractivity contribution in [2.24, 2.45) is 5.92 Å². The van der Waals surface area contributed by atoms with Crippen molar-refractivity contribution in [1.29, 1.82) is 0 Å². The van der Waals surface area contributed by atoms with E-state index in [1.54, 1.807) is 11.3 Å². The zero-order valence-corrected chi connectivity index (χ0v) is 7.86. The summed E-state index contributed by atoms with van der Waals surface area (Å²) in [5.41, 5.74) is 1.03. The molecular weight excluding hydrogens is 184 g/mol. The molecule has 3 rings (SSSR count). The monoisotopic (exact) mass is 194 g/mol. The quantitative estimate of drug-likeness (QED) is 0.647. The van der Waals surface area contributed by atoms with Gasteiger partial charge in [-0.3, -0.25) is 4.79 Å². The third kappa shape index (κ3) is 0.957. The summed E-state index contributed by atoms with van der Waals surface area (Å²) in [6.07, 6.45) is 0. The Bertz CT molecular complexity index is 360. The van der Waals surface area contributed by atoms with Crippen molar-refractivity contribution >= 4 is 22.9 Å². The molecule has 0 spiro atoms. The third-order valence-corrected chi connectivity index (χ3v) is 3.89. The number of rotatable bonds is 0. The van der Waals surface area contributed by atoms with Crippen LogP contribution in [0.2, 0.25) is 0 Å². The van der Waals surface area contributed by atoms with E-state index in [9.17, 15) is 4.79 Å². The summed E-state index contributed by atoms with van der Waals surface area (Å²) in [6.45, 7) is 1.78. The highest BCUT2D eigenvalue weighted by Gasteiger charge is 2.39. The van der Waals surface area contributed by atoms with Crippen LogP contribution < -0.4 is 10.6 Å². The Morgan fingerprint density at radius 2 is 2.23 bits per heavy atom. The molecule has 1 saturated heterocycles. The van der Waals surface area contributed by atoms with Crippen LogP contribution in [0.25, 0.3) is 0 Å². The van der Waals surface area contributed by atoms with Gasteiger partial charge in [0.05, 0.1) is 11.6 Å². The van der Waals surface area contributed by atoms with Gasteiger partial charge in [-0.05, 0) is 11.4 Å². The Kier molecular flexibility index (Phi) is 1.48. The van der Waals surface area contributed by atoms with Crippen LogP contribution in [0.15, 0.2) is 11.4 Å². The van der Waals surface area contributed by atoms with Gasteiger partial charge in [0, 0.05) is 23.9 Å². The molecule has 0 radical (unpaired) electrons. The molecule has 2 atom stereocenters. The summed E-state index contributed by atoms with van der Waals surface area (Å²) >= 11 is 1.75. The fraction of sp³-hybridized carbons (Fsp3) is 0.444. The summed E-state index contributed by atoms with van der Waals surface area (Å²) < 4.78 is 0. The lowest BCUT2D eigenvalue weighted by Gasteiger charge is -2.23. The van der Waals surface area contributed by atoms with Crippen molar-refractivity contribution in [2.45, 2.75) is 5.92 Å². The normalized spacial score (nSPS) is 30.9. The largest absolute Gasteiger partial charge is 0.325 e. The van der Waals surface area contributed by atoms with Gasteiger partial charge in [-0.1, -0.05) is 0 Å². The maximum absolute atomic E-state index is 11.6. The van der Waals surface area contributed by atoms with Crippen molar-refractivity contribution in [2.75, 3.05) is 18.4 Å². The molecular formula is C9H10N2OS. The first-order valence-corrected chi connectivity index (χ1v) is 5.33. The van der Waals surface area contributed by atoms with E-state index in [2.05, 4.69) is 10.6 Å². The molecule has 4 heteroatoms. The van der Waals surface area contributed by atoms with Gasteiger partial charge in [0.15, 0.2) is 0 Å². The van der Waals surface area contributed by atoms with E-state index in [-0.39, 0.29) is 11.8 Å². The zero-order chi connectivity index (χ0) is 8.84. The topological polar surface area (TPSA) is 41.1 Å². The number of fused-ring (bicyclic) bond motifs is 3. The molecule has 68 valence electrons. The molecule has 0 aliphatic carbocycles. The van der Waals surface area contributed by atoms with Crippen LogP contribution in [-0.4, -0.2) is 19.0 Å². The maximum atomic E-state index is 11.6. The smallest absolute Gasteiger partial charge is 0.229 e. The molecule has 2 aliphatic heterocycles. The van der Waals surface area contributed by atoms with Crippen LogP contribution >= 0.6 is 11.3 Å². The van der Waals surface area contributed by atoms with Gasteiger partial charge in [-0.2, -0.15) is 0 Å². The third-order valence-electron chi connectivity index (χ3n) is 2.84. The van der Waals surface area contributed by atoms with Crippen LogP contribution in [0.3, 0.4) is 0 Å². The second kappa shape index (κ2) is 2.56. The number of hydrogen-bond acceptors (Lipinski definition) is 3. The van der Waals surface area contributed by atoms with E-state index in [0.717, 1.165) is 18.8 Å². The number of nitrogens with one attached hydrogen (secondary N) is 2. The molecule has 3 heterocycles. The standard InChI is InChI=1S/C9H10N2OS/c12-9-6-4-10-3-5(6)8-7(11-9)1-2-13-8/h1-2,5-6,10H,3-4H2,(H,11,12)/t5-,6-/m0/s1. The van der Waals surface area contributed by atoms with Gasteiger partial charge in [0.25, 0.3) is 0 Å². The number of carbonyl (C=O) groups excluding carboxylic acids is 1. The minimum atomic E-state index is 0.158. The Labute approximate surface area is 80.1 Å². The average Bonchev–Trinajstić information content (AvgIpc) is 2.66. The number of amides is 1. The first-order chi connectivity index (χ1) is 6.36. The van der Waals surface area contributed by atoms with Crippen LogP contribution in [0, 0.1) is 5.92 Å². The van der Waals surface area contributed by atoms with E-state index in [4.69, 9.17) is 0 Å². The first-order valence-electron chi connectivity index (χ1n) is 4.45. The lowest BCUT2D eigenvalue weighted by Crippen LogP contribution is -2.31. The van der Waals surface area contributed by atoms with E-state index >= 15 is 0 Å². The van der Waals surface area contributed by atoms with Crippen molar-refractivity contribution in [3.63, 3.8) is 0 Å². The lowest BCUT2D eigenvalue weighted by atomic mass is 9.90. The first kappa shape index (κ1) is 7.53. The molecule has 1 aromatic rings. The molecule has 0 saturated carbocycles. The second-order valence-corrected chi connectivity index (χ2v) is 4.51. The number of hydrogen-bond donors (Lipinski definition) is 2. The van der Waals surface area contributed by atoms with E-state index in [1.165, 1.54) is 4.88 Å². The summed E-state index contributed by atoms with van der Waals surface area (Å²) in [7, 11) is 0. The highest BCUT2D eigenvalue weighted by Crippen LogP contribution is 2.41. The predicted octanol–water partition coefficient (Wildman–Crippen LogP) is 1.00. The van der Waals surface area contributed by atoms with Crippen LogP contribution in [0.1, 0.15) is 10.8 Å². The molecule has 0 aromatic carbocycles. The summed E-state index contributed by atoms with van der Waals surface area (Å²) in [4.78, 5) is 12.9. The Morgan fingerprint density at radius 3 is 3.15 bits per heavy atom. The number of anilines is 1. The SMILES string of the molecule is O=C1Nc2ccsc2[C@H]2CNC[C@H]12. The summed E-state index contributed by atoms with van der Waals surface area (Å²) in [5.74, 6) is 0.760. The highest BCUT2D eigenvalue weighted by atomic mass is 32.1. The minimum Gasteiger partial charge on any atom is -0.325 e. The fourth-order valence-electron chi connectivity index (χ4n) is 2.17. The molecule has 1 aromatic heterocycles. The van der Waals surface area contributed by atoms with Crippen LogP contribution in [0.4, 0.5) is 5.69 Å². The average molecular weight is 194 g/mol. The fourth-order valence-corrected chi connectivity index (χ4v) is 3.19. The van der Waals surface area contributed by atoms with E-state index < -0.39 is 0 Å². The van der Waals surface area contributed by atoms with Gasteiger partial charge < -0.3 is 10.6 Å². The van der Waals surface area contributed by atoms with Crippen molar-refractivity contribution in [3.05, 3.63) is 16.3 Å². The van der Waals surface area contributed by atoms with Gasteiger partial charge in [-0.25, -0.2) is 0 Å². The molecule has 2 aliphatic rings. The molecule has 1 fully saturated rings. The molecule has 13 heavy (non-hydrogen) atoms. The lowest BCUT2D eigenvalue weighted by molar-refractivity contribution is -0.120. The Morgan fingerprint density at radius 1 is 1.38 bits per heavy atom. The molecule has 1 amide bonds. The summed E-state index contributed by atoms with van der Waals surface area (Å²) in [6, 6.07) is 1.99. The van der Waals surface area contributed by atoms with E-state index in [0.29, 0.717) is 5.92 Å². The van der Waals surface area contributed by atoms with Crippen molar-refractivity contribution in [3.8, 4) is 0 Å². The molecule has 0 bridgehead atoms. The number of thiophene rings is 1. The van der Waals surface area contributed by atoms with Gasteiger partial charge in [0.1, 0.15) is 0 Å². The number of carbonyl (C=O) groups is 1. The molecule has 3 nitrogen and oxygen atoms in total. The summed E-state index contributed by atoms with van der Waals surface area (Å²) in [5, 5.41) is 8.26. The van der Waals surface area contributed by atoms with Crippen molar-refractivity contribution < 1.29 is 4.79 Å². The maximum Gasteiger partial charge on any atom is 0.229 e. The second-order valence-electron chi connectivity index (χ2n) is 3.56. The van der Waals surface area contributed by atoms with Crippen molar-refractivity contribution in [1.82, 2.24) is 5.32 Å². The van der Waals surface area contributed by atoms with Crippen LogP contribution in [-0.2, 0) is 4.79 Å². The van der Waals surface area contributed by atoms with Gasteiger partial charge >= 0.3 is 0 Å². The predicted molar refractivity (Wildman–Crippen MR) is 52.0 cm³/mol. The molecule has 2 N–H and O–H groups in total. The van der Waals surface area contributed by atoms with E-state index in [1.807, 2.05) is 11.4 Å². The molecule has 0 unspecified atom stereocenters. The Balaban J connectivity index is 2.10. The minimum absolute atomic E-state index is 0.158. The zero-order valence-electron chi connectivity index (χ0n) is 7.04.